The summed E-state index contributed by atoms with van der Waals surface area (Å²) >= 11 is 0. The molecule has 1 aromatic rings. The van der Waals surface area contributed by atoms with Crippen LogP contribution in [0, 0.1) is 11.3 Å². The maximum atomic E-state index is 11.4. The van der Waals surface area contributed by atoms with E-state index in [1.807, 2.05) is 13.0 Å². The van der Waals surface area contributed by atoms with Crippen molar-refractivity contribution in [2.45, 2.75) is 33.3 Å². The molecule has 0 aliphatic carbocycles. The summed E-state index contributed by atoms with van der Waals surface area (Å²) in [6.45, 7) is 3.89. The average Bonchev–Trinajstić information content (AvgIpc) is 2.37. The molecule has 0 fully saturated rings. The minimum atomic E-state index is -0.305. The lowest BCUT2D eigenvalue weighted by Crippen LogP contribution is -2.09. The second kappa shape index (κ2) is 6.77. The number of rotatable bonds is 5. The molecular weight excluding hydrogens is 230 g/mol. The molecule has 1 rings (SSSR count). The largest absolute Gasteiger partial charge is 0.466 e. The molecule has 0 atom stereocenters. The quantitative estimate of drug-likeness (QED) is 0.804. The average molecular weight is 247 g/mol. The van der Waals surface area contributed by atoms with E-state index in [1.165, 1.54) is 0 Å². The molecule has 4 heteroatoms. The van der Waals surface area contributed by atoms with Gasteiger partial charge in [0, 0.05) is 0 Å². The first kappa shape index (κ1) is 14.2. The van der Waals surface area contributed by atoms with Gasteiger partial charge in [-0.15, -0.1) is 0 Å². The molecule has 0 heterocycles. The van der Waals surface area contributed by atoms with Crippen LogP contribution < -0.4 is 0 Å². The molecule has 0 bridgehead atoms. The highest BCUT2D eigenvalue weighted by Crippen LogP contribution is 2.19. The molecule has 18 heavy (non-hydrogen) atoms. The topological polar surface area (TPSA) is 70.3 Å². The van der Waals surface area contributed by atoms with Crippen LogP contribution in [0.25, 0.3) is 0 Å². The third kappa shape index (κ3) is 3.31. The molecule has 96 valence electrons. The number of carbonyl (C=O) groups excluding carboxylic acids is 1. The number of benzene rings is 1. The summed E-state index contributed by atoms with van der Waals surface area (Å²) in [6, 6.07) is 5.55. The summed E-state index contributed by atoms with van der Waals surface area (Å²) in [6.07, 6.45) is 0.864. The van der Waals surface area contributed by atoms with Crippen molar-refractivity contribution in [1.82, 2.24) is 0 Å². The minimum Gasteiger partial charge on any atom is -0.466 e. The van der Waals surface area contributed by atoms with Crippen molar-refractivity contribution in [2.75, 3.05) is 6.61 Å². The zero-order chi connectivity index (χ0) is 13.5. The van der Waals surface area contributed by atoms with Crippen LogP contribution in [0.4, 0.5) is 0 Å². The van der Waals surface area contributed by atoms with Crippen LogP contribution in [0.2, 0.25) is 0 Å². The molecule has 0 amide bonds. The Morgan fingerprint density at radius 2 is 2.17 bits per heavy atom. The van der Waals surface area contributed by atoms with Crippen LogP contribution in [0.15, 0.2) is 12.1 Å². The predicted octanol–water partition coefficient (Wildman–Crippen LogP) is 1.72. The second-order valence-electron chi connectivity index (χ2n) is 3.89. The Morgan fingerprint density at radius 3 is 2.67 bits per heavy atom. The molecule has 4 nitrogen and oxygen atoms in total. The number of aliphatic hydroxyl groups is 1. The molecule has 0 saturated carbocycles. The van der Waals surface area contributed by atoms with Gasteiger partial charge in [0.25, 0.3) is 0 Å². The Morgan fingerprint density at radius 1 is 1.44 bits per heavy atom. The van der Waals surface area contributed by atoms with E-state index in [2.05, 4.69) is 6.07 Å². The zero-order valence-electron chi connectivity index (χ0n) is 10.7. The lowest BCUT2D eigenvalue weighted by Gasteiger charge is -2.10. The molecule has 0 saturated heterocycles. The van der Waals surface area contributed by atoms with Crippen molar-refractivity contribution < 1.29 is 14.6 Å². The second-order valence-corrected chi connectivity index (χ2v) is 3.89. The number of hydrogen-bond donors (Lipinski definition) is 1. The van der Waals surface area contributed by atoms with Gasteiger partial charge in [-0.3, -0.25) is 4.79 Å². The van der Waals surface area contributed by atoms with Gasteiger partial charge in [0.2, 0.25) is 0 Å². The van der Waals surface area contributed by atoms with Gasteiger partial charge in [-0.25, -0.2) is 0 Å². The highest BCUT2D eigenvalue weighted by molar-refractivity contribution is 5.73. The van der Waals surface area contributed by atoms with Gasteiger partial charge < -0.3 is 9.84 Å². The third-order valence-electron chi connectivity index (χ3n) is 2.72. The van der Waals surface area contributed by atoms with E-state index in [9.17, 15) is 9.90 Å². The molecule has 1 N–H and O–H groups in total. The van der Waals surface area contributed by atoms with Crippen molar-refractivity contribution in [2.24, 2.45) is 0 Å². The van der Waals surface area contributed by atoms with Crippen molar-refractivity contribution in [3.8, 4) is 6.07 Å². The monoisotopic (exact) mass is 247 g/mol. The van der Waals surface area contributed by atoms with Gasteiger partial charge in [0.15, 0.2) is 0 Å². The molecule has 1 aromatic carbocycles. The van der Waals surface area contributed by atoms with E-state index >= 15 is 0 Å². The molecule has 0 aliphatic rings. The number of nitrogens with zero attached hydrogens (tertiary/aromatic N) is 1. The first-order valence-corrected chi connectivity index (χ1v) is 5.97. The Hall–Kier alpha value is -1.86. The van der Waals surface area contributed by atoms with E-state index in [-0.39, 0.29) is 19.0 Å². The van der Waals surface area contributed by atoms with Gasteiger partial charge in [-0.05, 0) is 36.1 Å². The van der Waals surface area contributed by atoms with E-state index < -0.39 is 0 Å². The summed E-state index contributed by atoms with van der Waals surface area (Å²) in [5.74, 6) is -0.305. The Balaban J connectivity index is 3.08. The lowest BCUT2D eigenvalue weighted by atomic mass is 9.96. The fraction of sp³-hybridized carbons (Fsp3) is 0.429. The Kier molecular flexibility index (Phi) is 5.34. The number of esters is 1. The van der Waals surface area contributed by atoms with Crippen LogP contribution in [0.5, 0.6) is 0 Å². The first-order chi connectivity index (χ1) is 8.65. The van der Waals surface area contributed by atoms with E-state index in [0.29, 0.717) is 24.2 Å². The van der Waals surface area contributed by atoms with Gasteiger partial charge in [0.05, 0.1) is 31.3 Å². The molecule has 0 radical (unpaired) electrons. The maximum Gasteiger partial charge on any atom is 0.310 e. The fourth-order valence-electron chi connectivity index (χ4n) is 1.88. The molecule has 0 aliphatic heterocycles. The van der Waals surface area contributed by atoms with Crippen LogP contribution in [0.1, 0.15) is 36.1 Å². The van der Waals surface area contributed by atoms with Crippen LogP contribution in [-0.2, 0) is 29.0 Å². The van der Waals surface area contributed by atoms with Gasteiger partial charge in [-0.2, -0.15) is 5.26 Å². The number of aryl methyl sites for hydroxylation is 1. The Bertz CT molecular complexity index is 475. The van der Waals surface area contributed by atoms with Crippen LogP contribution >= 0.6 is 0 Å². The number of nitriles is 1. The minimum absolute atomic E-state index is 0.154. The van der Waals surface area contributed by atoms with Gasteiger partial charge in [0.1, 0.15) is 0 Å². The SMILES string of the molecule is CCOC(=O)Cc1cc(C#N)c(CO)c(CC)c1. The molecule has 0 aromatic heterocycles. The van der Waals surface area contributed by atoms with Crippen molar-refractivity contribution >= 4 is 5.97 Å². The summed E-state index contributed by atoms with van der Waals surface area (Å²) in [7, 11) is 0. The Labute approximate surface area is 107 Å². The zero-order valence-corrected chi connectivity index (χ0v) is 10.7. The molecular formula is C14H17NO3. The number of ether oxygens (including phenoxy) is 1. The maximum absolute atomic E-state index is 11.4. The number of aliphatic hydroxyl groups excluding tert-OH is 1. The number of carbonyl (C=O) groups is 1. The highest BCUT2D eigenvalue weighted by atomic mass is 16.5. The summed E-state index contributed by atoms with van der Waals surface area (Å²) in [4.78, 5) is 11.4. The number of hydrogen-bond acceptors (Lipinski definition) is 4. The normalized spacial score (nSPS) is 9.89. The molecule has 0 spiro atoms. The summed E-state index contributed by atoms with van der Waals surface area (Å²) in [5.41, 5.74) is 2.72. The summed E-state index contributed by atoms with van der Waals surface area (Å²) in [5, 5.41) is 18.3. The smallest absolute Gasteiger partial charge is 0.310 e. The predicted molar refractivity (Wildman–Crippen MR) is 66.8 cm³/mol. The fourth-order valence-corrected chi connectivity index (χ4v) is 1.88. The van der Waals surface area contributed by atoms with E-state index in [1.54, 1.807) is 13.0 Å². The van der Waals surface area contributed by atoms with E-state index in [4.69, 9.17) is 10.00 Å². The van der Waals surface area contributed by atoms with Gasteiger partial charge >= 0.3 is 5.97 Å². The van der Waals surface area contributed by atoms with Crippen LogP contribution in [-0.4, -0.2) is 17.7 Å². The molecule has 0 unspecified atom stereocenters. The third-order valence-corrected chi connectivity index (χ3v) is 2.72. The van der Waals surface area contributed by atoms with Crippen LogP contribution in [0.3, 0.4) is 0 Å². The first-order valence-electron chi connectivity index (χ1n) is 5.97. The van der Waals surface area contributed by atoms with Crippen molar-refractivity contribution in [3.05, 3.63) is 34.4 Å². The summed E-state index contributed by atoms with van der Waals surface area (Å²) < 4.78 is 4.88. The lowest BCUT2D eigenvalue weighted by molar-refractivity contribution is -0.142. The van der Waals surface area contributed by atoms with Gasteiger partial charge in [-0.1, -0.05) is 13.0 Å². The van der Waals surface area contributed by atoms with Crippen molar-refractivity contribution in [3.63, 3.8) is 0 Å². The highest BCUT2D eigenvalue weighted by Gasteiger charge is 2.11. The van der Waals surface area contributed by atoms with Crippen molar-refractivity contribution in [1.29, 1.82) is 5.26 Å². The standard InChI is InChI=1S/C14H17NO3/c1-3-11-5-10(7-14(17)18-4-2)6-12(8-15)13(11)9-16/h5-6,16H,3-4,7,9H2,1-2H3. The van der Waals surface area contributed by atoms with E-state index in [0.717, 1.165) is 11.1 Å².